The van der Waals surface area contributed by atoms with Crippen LogP contribution in [0.4, 0.5) is 0 Å². The molecule has 0 saturated carbocycles. The van der Waals surface area contributed by atoms with Gasteiger partial charge in [-0.15, -0.1) is 101 Å². The van der Waals surface area contributed by atoms with E-state index in [2.05, 4.69) is 233 Å². The maximum Gasteiger partial charge on any atom is 1.00 e. The average molecular weight is 2540 g/mol. The Bertz CT molecular complexity index is 5470. The molecule has 0 spiro atoms. The van der Waals surface area contributed by atoms with Crippen LogP contribution in [-0.2, 0) is 110 Å². The molecule has 24 heteroatoms. The van der Waals surface area contributed by atoms with E-state index in [1.807, 2.05) is 207 Å². The third kappa shape index (κ3) is 39.5. The molecular weight excluding hydrogens is 2450 g/mol. The van der Waals surface area contributed by atoms with Crippen molar-refractivity contribution < 1.29 is 120 Å². The smallest absolute Gasteiger partial charge is 0.512 e. The Morgan fingerprint density at radius 3 is 1.16 bits per heavy atom. The fourth-order valence-corrected chi connectivity index (χ4v) is 16.8. The number of benzene rings is 8. The van der Waals surface area contributed by atoms with Gasteiger partial charge in [0.2, 0.25) is 0 Å². The number of thiazole rings is 1. The molecule has 18 rings (SSSR count). The molecule has 0 aliphatic rings. The van der Waals surface area contributed by atoms with Gasteiger partial charge in [0.05, 0.1) is 84.5 Å². The number of carbonyl (C=O) groups is 2. The van der Waals surface area contributed by atoms with Gasteiger partial charge in [-0.25, -0.2) is 22.7 Å². The number of fused-ring (bicyclic) bond motifs is 2. The Morgan fingerprint density at radius 2 is 0.792 bits per heavy atom. The minimum atomic E-state index is -0.545. The van der Waals surface area contributed by atoms with Gasteiger partial charge >= 0.3 is 39.3 Å². The second kappa shape index (κ2) is 61.3. The summed E-state index contributed by atoms with van der Waals surface area (Å²) >= 11 is 5.10. The standard InChI is InChI=1S/2C13H8NS.2C13H13P.C11H8N.C10H8N2.C9H9N4.C9H6NS.2C5H8O2.2Ir.Os.Pt.Ru/c1-2-7-12-10(5-1)9-13(15-12)11-6-3-4-8-14-11;1-2-6-10(7-3-1)13-14-11-8-4-5-9-12(11)15-13;2*1-14(12-8-4-2-5-9-12)13-10-6-3-7-11-13;1-2-6-10(7-3-1)11-8-4-5-9-12-11;1-3-7-11-9(5-1)10-6-2-4-8-12-10;1-6-3-4-10-8(5-6)9-11-7(2)12-13-9;1-2-6-10-8(4-1)9-5-3-7-11-9;2*1-4(6)3-5(2)7;;;;;/h1-8H;1-6,8-9H;2*2-11H,1H3;1-6,8-9H;1-8H;3-5H,1-2H3;1-4,6-7H;2*3,6H,1-2H3;;;;;/q2*-1;;;-1;;2*-1;;;;;+1;;+1/p+2. The number of aliphatic hydroxyl groups excluding tert-OH is 2. The second-order valence-corrected chi connectivity index (χ2v) is 33.8. The molecule has 125 heavy (non-hydrogen) atoms. The van der Waals surface area contributed by atoms with E-state index in [1.54, 1.807) is 65.0 Å². The predicted molar refractivity (Wildman–Crippen MR) is 505 cm³/mol. The summed E-state index contributed by atoms with van der Waals surface area (Å²) in [5.74, 6) is 1.15. The van der Waals surface area contributed by atoms with Crippen LogP contribution in [0.1, 0.15) is 39.1 Å². The summed E-state index contributed by atoms with van der Waals surface area (Å²) in [6.07, 6.45) is 13.0. The van der Waals surface area contributed by atoms with E-state index >= 15 is 0 Å². The van der Waals surface area contributed by atoms with E-state index in [4.69, 9.17) is 10.2 Å². The van der Waals surface area contributed by atoms with E-state index in [0.29, 0.717) is 11.6 Å². The summed E-state index contributed by atoms with van der Waals surface area (Å²) in [5.41, 5.74) is 9.90. The van der Waals surface area contributed by atoms with Crippen LogP contribution in [0.2, 0.25) is 0 Å². The molecule has 14 nitrogen and oxygen atoms in total. The summed E-state index contributed by atoms with van der Waals surface area (Å²) in [4.78, 5) is 56.2. The normalized spacial score (nSPS) is 9.97. The third-order valence-corrected chi connectivity index (χ3v) is 24.2. The zero-order valence-corrected chi connectivity index (χ0v) is 85.3. The summed E-state index contributed by atoms with van der Waals surface area (Å²) in [7, 11) is -1.09. The van der Waals surface area contributed by atoms with E-state index in [1.165, 1.54) is 75.9 Å². The molecule has 4 radical (unpaired) electrons. The Labute approximate surface area is 815 Å². The molecule has 10 aromatic heterocycles. The Balaban J connectivity index is 0.000000292. The van der Waals surface area contributed by atoms with E-state index < -0.39 is 15.8 Å². The molecule has 0 amide bonds. The number of para-hydroxylation sites is 1. The molecule has 0 saturated heterocycles. The monoisotopic (exact) mass is 2540 g/mol. The maximum absolute atomic E-state index is 10.0. The second-order valence-electron chi connectivity index (χ2n) is 26.0. The number of aromatic nitrogens is 10. The average Bonchev–Trinajstić information content (AvgIpc) is 1.69. The topological polar surface area (TPSA) is 205 Å². The molecule has 0 aliphatic carbocycles. The number of aliphatic hydroxyl groups is 2. The van der Waals surface area contributed by atoms with Crippen LogP contribution in [0, 0.1) is 38.1 Å². The van der Waals surface area contributed by atoms with Crippen molar-refractivity contribution in [2.45, 2.75) is 41.5 Å². The first-order chi connectivity index (χ1) is 58.5. The van der Waals surface area contributed by atoms with Gasteiger partial charge in [0, 0.05) is 132 Å². The quantitative estimate of drug-likeness (QED) is 0.0384. The first-order valence-electron chi connectivity index (χ1n) is 38.2. The number of hydrogen-bond acceptors (Lipinski definition) is 16. The Morgan fingerprint density at radius 1 is 0.400 bits per heavy atom. The van der Waals surface area contributed by atoms with Crippen LogP contribution in [0.15, 0.2) is 394 Å². The first kappa shape index (κ1) is 107. The SMILES string of the molecule is CC(=O)C=C(C)O.CC(=O)C=C(C)O.C[PH+](c1ccccc1)c1ccccc1.C[PH+](c1ccccc1)c1ccccc1.Cc1ccnc(-c2nc(C)n[n-]2)c1.[Ir].[Ir].[Os+].[Pt].[Ru+].[c-]1c(-c2ccccn2)sc2ccccc12.[c-]1ccccc1-c1ccccn1.[c-]1ccccc1-c1nc2ccccc2s1.[c-]1ccsc1-c1ccccn1.c1ccc(-c2ccccn2)nc1. The Hall–Kier alpha value is -10.1. The molecule has 0 bridgehead atoms. The largest absolute Gasteiger partial charge is 1.00 e. The first-order valence-corrected chi connectivity index (χ1v) is 44.7. The van der Waals surface area contributed by atoms with Gasteiger partial charge in [0.1, 0.15) is 0 Å². The van der Waals surface area contributed by atoms with Crippen LogP contribution in [0.25, 0.3) is 86.2 Å². The number of nitrogens with zero attached hydrogens (tertiary/aromatic N) is 10. The molecule has 8 aromatic carbocycles. The zero-order chi connectivity index (χ0) is 84.7. The zero-order valence-electron chi connectivity index (χ0n) is 69.5. The van der Waals surface area contributed by atoms with Crippen molar-refractivity contribution in [3.63, 3.8) is 0 Å². The number of rotatable bonds is 12. The van der Waals surface area contributed by atoms with Crippen molar-refractivity contribution in [2.24, 2.45) is 0 Å². The predicted octanol–water partition coefficient (Wildman–Crippen LogP) is 23.0. The number of thiophene rings is 2. The van der Waals surface area contributed by atoms with Crippen molar-refractivity contribution >= 4 is 103 Å². The van der Waals surface area contributed by atoms with Gasteiger partial charge in [-0.05, 0) is 189 Å². The van der Waals surface area contributed by atoms with Gasteiger partial charge in [-0.3, -0.25) is 34.6 Å². The van der Waals surface area contributed by atoms with E-state index in [0.717, 1.165) is 71.1 Å². The number of aryl methyl sites for hydroxylation is 2. The minimum Gasteiger partial charge on any atom is -0.512 e. The molecule has 18 aromatic rings. The van der Waals surface area contributed by atoms with Crippen LogP contribution >= 0.6 is 49.9 Å². The summed E-state index contributed by atoms with van der Waals surface area (Å²) in [6, 6.07) is 123. The van der Waals surface area contributed by atoms with Crippen LogP contribution in [-0.4, -0.2) is 80.1 Å². The van der Waals surface area contributed by atoms with Crippen LogP contribution < -0.4 is 26.3 Å². The van der Waals surface area contributed by atoms with E-state index in [-0.39, 0.29) is 124 Å². The van der Waals surface area contributed by atoms with Gasteiger partial charge in [0.15, 0.2) is 11.6 Å². The van der Waals surface area contributed by atoms with Crippen LogP contribution in [0.5, 0.6) is 0 Å². The maximum atomic E-state index is 10.0. The fourth-order valence-electron chi connectivity index (χ4n) is 10.8. The molecule has 0 unspecified atom stereocenters. The summed E-state index contributed by atoms with van der Waals surface area (Å²) in [5, 5.41) is 34.6. The van der Waals surface area contributed by atoms with Crippen LogP contribution in [0.3, 0.4) is 0 Å². The molecular formula is C101H91Ir2N10O4OsP2PtRuS3-. The Kier molecular flexibility index (Phi) is 52.6. The molecule has 0 fully saturated rings. The number of hydrogen-bond donors (Lipinski definition) is 2. The number of pyridine rings is 6. The summed E-state index contributed by atoms with van der Waals surface area (Å²) in [6.45, 7) is 14.2. The number of ketones is 2. The van der Waals surface area contributed by atoms with E-state index in [9.17, 15) is 9.59 Å². The third-order valence-electron chi connectivity index (χ3n) is 16.4. The van der Waals surface area contributed by atoms with Crippen molar-refractivity contribution in [1.29, 1.82) is 0 Å². The van der Waals surface area contributed by atoms with Crippen molar-refractivity contribution in [2.75, 3.05) is 13.3 Å². The molecule has 2 N–H and O–H groups in total. The van der Waals surface area contributed by atoms with Crippen molar-refractivity contribution in [3.05, 3.63) is 429 Å². The van der Waals surface area contributed by atoms with Gasteiger partial charge < -0.3 is 35.2 Å². The molecule has 0 aliphatic heterocycles. The number of allylic oxidation sites excluding steroid dienone is 4. The fraction of sp³-hybridized carbons (Fsp3) is 0.0792. The van der Waals surface area contributed by atoms with Gasteiger partial charge in [0.25, 0.3) is 0 Å². The molecule has 10 heterocycles. The van der Waals surface area contributed by atoms with Crippen molar-refractivity contribution in [1.82, 2.24) is 50.1 Å². The van der Waals surface area contributed by atoms with Gasteiger partial charge in [-0.2, -0.15) is 23.5 Å². The molecule has 0 atom stereocenters. The number of carbonyl (C=O) groups excluding carboxylic acids is 2. The minimum absolute atomic E-state index is 0. The van der Waals surface area contributed by atoms with Gasteiger partial charge in [-0.1, -0.05) is 150 Å². The molecule has 642 valence electrons. The van der Waals surface area contributed by atoms with Crippen molar-refractivity contribution in [3.8, 4) is 65.9 Å². The summed E-state index contributed by atoms with van der Waals surface area (Å²) < 4.78 is 2.49.